The predicted molar refractivity (Wildman–Crippen MR) is 152 cm³/mol. The third-order valence-corrected chi connectivity index (χ3v) is 8.58. The standard InChI is InChI=1S/C31H28Cl2N4/c32-26-17-28-29(18-27(26)33)36-31(35-28)30(23-12-14-37(15-13-23)25-6-1-2-7-25)22-10-8-21(9-11-22)24-5-3-4-20(16-24)19-34/h3-5,8-11,16-18,25H,1-2,6-7,12-15H2,(H,35,36). The van der Waals surface area contributed by atoms with Gasteiger partial charge >= 0.3 is 0 Å². The summed E-state index contributed by atoms with van der Waals surface area (Å²) in [6, 6.07) is 23.0. The van der Waals surface area contributed by atoms with E-state index in [-0.39, 0.29) is 0 Å². The Morgan fingerprint density at radius 3 is 2.38 bits per heavy atom. The van der Waals surface area contributed by atoms with Crippen LogP contribution in [-0.4, -0.2) is 34.0 Å². The Morgan fingerprint density at radius 2 is 1.65 bits per heavy atom. The molecule has 1 aliphatic heterocycles. The fourth-order valence-electron chi connectivity index (χ4n) is 5.91. The summed E-state index contributed by atoms with van der Waals surface area (Å²) in [5.74, 6) is 0.858. The van der Waals surface area contributed by atoms with E-state index >= 15 is 0 Å². The molecule has 0 amide bonds. The number of piperidine rings is 1. The van der Waals surface area contributed by atoms with Crippen molar-refractivity contribution in [2.45, 2.75) is 44.6 Å². The van der Waals surface area contributed by atoms with Gasteiger partial charge in [0.25, 0.3) is 0 Å². The van der Waals surface area contributed by atoms with E-state index in [2.05, 4.69) is 40.2 Å². The van der Waals surface area contributed by atoms with Crippen LogP contribution in [0.1, 0.15) is 55.5 Å². The SMILES string of the molecule is N#Cc1cccc(-c2ccc(C(=C3CCN(C4CCCC4)CC3)c3nc4cc(Cl)c(Cl)cc4[nH]3)cc2)c1. The van der Waals surface area contributed by atoms with Crippen molar-refractivity contribution in [1.29, 1.82) is 5.26 Å². The largest absolute Gasteiger partial charge is 0.338 e. The second-order valence-electron chi connectivity index (χ2n) is 10.1. The Balaban J connectivity index is 1.39. The summed E-state index contributed by atoms with van der Waals surface area (Å²) in [5.41, 5.74) is 8.24. The molecule has 1 saturated heterocycles. The highest BCUT2D eigenvalue weighted by molar-refractivity contribution is 6.42. The Kier molecular flexibility index (Phi) is 6.78. The fourth-order valence-corrected chi connectivity index (χ4v) is 6.23. The number of nitrogens with one attached hydrogen (secondary N) is 1. The molecule has 0 atom stereocenters. The van der Waals surface area contributed by atoms with Gasteiger partial charge < -0.3 is 4.98 Å². The first-order valence-electron chi connectivity index (χ1n) is 13.0. The van der Waals surface area contributed by atoms with Gasteiger partial charge in [0, 0.05) is 24.7 Å². The number of imidazole rings is 1. The molecule has 3 aromatic carbocycles. The average Bonchev–Trinajstić information content (AvgIpc) is 3.61. The number of fused-ring (bicyclic) bond motifs is 1. The zero-order valence-electron chi connectivity index (χ0n) is 20.6. The molecule has 0 unspecified atom stereocenters. The van der Waals surface area contributed by atoms with Crippen LogP contribution < -0.4 is 0 Å². The van der Waals surface area contributed by atoms with E-state index in [1.54, 1.807) is 0 Å². The number of rotatable bonds is 4. The number of aromatic nitrogens is 2. The van der Waals surface area contributed by atoms with Crippen LogP contribution in [0.15, 0.2) is 66.2 Å². The molecule has 0 bridgehead atoms. The number of likely N-dealkylation sites (tertiary alicyclic amines) is 1. The topological polar surface area (TPSA) is 55.7 Å². The molecule has 1 aromatic heterocycles. The van der Waals surface area contributed by atoms with E-state index in [4.69, 9.17) is 28.2 Å². The maximum absolute atomic E-state index is 9.29. The molecule has 186 valence electrons. The number of benzene rings is 3. The highest BCUT2D eigenvalue weighted by Gasteiger charge is 2.27. The number of H-pyrrole nitrogens is 1. The van der Waals surface area contributed by atoms with Crippen molar-refractivity contribution >= 4 is 39.8 Å². The van der Waals surface area contributed by atoms with Crippen LogP contribution in [0.25, 0.3) is 27.7 Å². The second-order valence-corrected chi connectivity index (χ2v) is 10.9. The molecule has 2 heterocycles. The first kappa shape index (κ1) is 24.2. The lowest BCUT2D eigenvalue weighted by Crippen LogP contribution is -2.38. The lowest BCUT2D eigenvalue weighted by molar-refractivity contribution is 0.186. The third-order valence-electron chi connectivity index (χ3n) is 7.86. The maximum Gasteiger partial charge on any atom is 0.139 e. The summed E-state index contributed by atoms with van der Waals surface area (Å²) in [6.07, 6.45) is 7.48. The Labute approximate surface area is 227 Å². The van der Waals surface area contributed by atoms with Crippen LogP contribution >= 0.6 is 23.2 Å². The van der Waals surface area contributed by atoms with Crippen molar-refractivity contribution in [3.63, 3.8) is 0 Å². The van der Waals surface area contributed by atoms with Crippen molar-refractivity contribution in [2.24, 2.45) is 0 Å². The van der Waals surface area contributed by atoms with Crippen LogP contribution in [0, 0.1) is 11.3 Å². The zero-order chi connectivity index (χ0) is 25.4. The quantitative estimate of drug-likeness (QED) is 0.291. The summed E-state index contributed by atoms with van der Waals surface area (Å²) in [5, 5.41) is 10.3. The molecular weight excluding hydrogens is 499 g/mol. The Morgan fingerprint density at radius 1 is 0.919 bits per heavy atom. The van der Waals surface area contributed by atoms with E-state index < -0.39 is 0 Å². The molecule has 1 saturated carbocycles. The molecule has 37 heavy (non-hydrogen) atoms. The first-order valence-corrected chi connectivity index (χ1v) is 13.8. The van der Waals surface area contributed by atoms with Gasteiger partial charge in [0.1, 0.15) is 5.82 Å². The number of halogens is 2. The maximum atomic E-state index is 9.29. The van der Waals surface area contributed by atoms with Gasteiger partial charge in [0.15, 0.2) is 0 Å². The summed E-state index contributed by atoms with van der Waals surface area (Å²) in [4.78, 5) is 11.2. The van der Waals surface area contributed by atoms with E-state index in [9.17, 15) is 5.26 Å². The van der Waals surface area contributed by atoms with E-state index in [1.807, 2.05) is 36.4 Å². The van der Waals surface area contributed by atoms with Gasteiger partial charge in [-0.3, -0.25) is 4.90 Å². The van der Waals surface area contributed by atoms with Gasteiger partial charge in [-0.05, 0) is 66.6 Å². The van der Waals surface area contributed by atoms with E-state index in [0.29, 0.717) is 15.6 Å². The molecule has 4 aromatic rings. The van der Waals surface area contributed by atoms with Crippen molar-refractivity contribution < 1.29 is 0 Å². The Bertz CT molecular complexity index is 1470. The molecule has 0 radical (unpaired) electrons. The van der Waals surface area contributed by atoms with Crippen LogP contribution in [0.5, 0.6) is 0 Å². The molecular formula is C31H28Cl2N4. The van der Waals surface area contributed by atoms with Crippen molar-refractivity contribution in [2.75, 3.05) is 13.1 Å². The second kappa shape index (κ2) is 10.3. The number of hydrogen-bond acceptors (Lipinski definition) is 3. The van der Waals surface area contributed by atoms with Crippen LogP contribution in [0.3, 0.4) is 0 Å². The summed E-state index contributed by atoms with van der Waals surface area (Å²) >= 11 is 12.6. The lowest BCUT2D eigenvalue weighted by Gasteiger charge is -2.34. The van der Waals surface area contributed by atoms with Gasteiger partial charge in [-0.15, -0.1) is 0 Å². The monoisotopic (exact) mass is 526 g/mol. The van der Waals surface area contributed by atoms with Crippen molar-refractivity contribution in [1.82, 2.24) is 14.9 Å². The lowest BCUT2D eigenvalue weighted by atomic mass is 9.91. The minimum atomic E-state index is 0.509. The number of nitrogens with zero attached hydrogens (tertiary/aromatic N) is 3. The zero-order valence-corrected chi connectivity index (χ0v) is 22.1. The number of nitriles is 1. The molecule has 2 aliphatic rings. The highest BCUT2D eigenvalue weighted by Crippen LogP contribution is 2.36. The normalized spacial score (nSPS) is 16.8. The van der Waals surface area contributed by atoms with Gasteiger partial charge in [-0.1, -0.05) is 78.0 Å². The van der Waals surface area contributed by atoms with E-state index in [1.165, 1.54) is 36.8 Å². The third kappa shape index (κ3) is 4.92. The van der Waals surface area contributed by atoms with E-state index in [0.717, 1.165) is 65.5 Å². The smallest absolute Gasteiger partial charge is 0.139 e. The minimum Gasteiger partial charge on any atom is -0.338 e. The predicted octanol–water partition coefficient (Wildman–Crippen LogP) is 8.25. The van der Waals surface area contributed by atoms with Gasteiger partial charge in [-0.25, -0.2) is 4.98 Å². The van der Waals surface area contributed by atoms with Gasteiger partial charge in [0.05, 0.1) is 32.7 Å². The van der Waals surface area contributed by atoms with Crippen LogP contribution in [0.4, 0.5) is 0 Å². The fraction of sp³-hybridized carbons (Fsp3) is 0.290. The van der Waals surface area contributed by atoms with Gasteiger partial charge in [-0.2, -0.15) is 5.26 Å². The molecule has 6 rings (SSSR count). The molecule has 1 N–H and O–H groups in total. The number of aromatic amines is 1. The summed E-state index contributed by atoms with van der Waals surface area (Å²) < 4.78 is 0. The van der Waals surface area contributed by atoms with Crippen molar-refractivity contribution in [3.8, 4) is 17.2 Å². The molecule has 6 heteroatoms. The molecule has 1 aliphatic carbocycles. The highest BCUT2D eigenvalue weighted by atomic mass is 35.5. The van der Waals surface area contributed by atoms with Crippen molar-refractivity contribution in [3.05, 3.63) is 93.2 Å². The number of hydrogen-bond donors (Lipinski definition) is 1. The molecule has 2 fully saturated rings. The van der Waals surface area contributed by atoms with Crippen LogP contribution in [0.2, 0.25) is 10.0 Å². The molecule has 0 spiro atoms. The Hall–Kier alpha value is -3.10. The van der Waals surface area contributed by atoms with Gasteiger partial charge in [0.2, 0.25) is 0 Å². The average molecular weight is 527 g/mol. The summed E-state index contributed by atoms with van der Waals surface area (Å²) in [7, 11) is 0. The molecule has 4 nitrogen and oxygen atoms in total. The van der Waals surface area contributed by atoms with Crippen LogP contribution in [-0.2, 0) is 0 Å². The summed E-state index contributed by atoms with van der Waals surface area (Å²) in [6.45, 7) is 2.20. The first-order chi connectivity index (χ1) is 18.1. The minimum absolute atomic E-state index is 0.509.